The summed E-state index contributed by atoms with van der Waals surface area (Å²) in [5, 5.41) is 9.23. The fourth-order valence-corrected chi connectivity index (χ4v) is 4.50. The van der Waals surface area contributed by atoms with Crippen LogP contribution in [0.3, 0.4) is 0 Å². The van der Waals surface area contributed by atoms with Crippen LogP contribution < -0.4 is 10.5 Å². The molecule has 1 amide bonds. The third-order valence-corrected chi connectivity index (χ3v) is 7.10. The normalized spacial score (nSPS) is 23.2. The van der Waals surface area contributed by atoms with Crippen LogP contribution in [-0.2, 0) is 4.79 Å². The molecule has 0 bridgehead atoms. The summed E-state index contributed by atoms with van der Waals surface area (Å²) in [7, 11) is 1.89. The fraction of sp³-hybridized carbons (Fsp3) is 0.652. The number of carbonyl (C=O) groups is 2. The molecule has 0 spiro atoms. The van der Waals surface area contributed by atoms with Crippen molar-refractivity contribution in [1.29, 1.82) is 0 Å². The predicted molar refractivity (Wildman–Crippen MR) is 112 cm³/mol. The van der Waals surface area contributed by atoms with Gasteiger partial charge in [0.2, 0.25) is 5.91 Å². The number of amides is 1. The zero-order valence-electron chi connectivity index (χ0n) is 17.8. The van der Waals surface area contributed by atoms with Crippen LogP contribution in [0, 0.1) is 25.7 Å². The third-order valence-electron chi connectivity index (χ3n) is 7.10. The molecule has 3 rings (SSSR count). The summed E-state index contributed by atoms with van der Waals surface area (Å²) < 4.78 is 6.03. The molecule has 2 fully saturated rings. The van der Waals surface area contributed by atoms with Gasteiger partial charge in [0, 0.05) is 13.1 Å². The van der Waals surface area contributed by atoms with Gasteiger partial charge in [-0.1, -0.05) is 0 Å². The van der Waals surface area contributed by atoms with Gasteiger partial charge in [0.1, 0.15) is 5.75 Å². The van der Waals surface area contributed by atoms with Crippen LogP contribution in [0.1, 0.15) is 66.4 Å². The standard InChI is InChI=1S/C23H34N2O4/c1-14-15(2)20(12-11-19(14)23(27)28)29-13-16-7-9-17(10-8-16)21(24)22(26)25(3)18-5-4-6-18/h11-12,16-18,21H,4-10,13,24H2,1-3H3,(H,27,28)/t16?,17?,21-/m0/s1. The van der Waals surface area contributed by atoms with E-state index in [0.29, 0.717) is 24.1 Å². The van der Waals surface area contributed by atoms with Crippen molar-refractivity contribution >= 4 is 11.9 Å². The minimum absolute atomic E-state index is 0.0963. The second kappa shape index (κ2) is 9.16. The Labute approximate surface area is 173 Å². The molecule has 3 N–H and O–H groups in total. The lowest BCUT2D eigenvalue weighted by Gasteiger charge is -2.38. The van der Waals surface area contributed by atoms with E-state index in [1.165, 1.54) is 6.42 Å². The van der Waals surface area contributed by atoms with E-state index >= 15 is 0 Å². The Hall–Kier alpha value is -2.08. The number of carboxylic acids is 1. The molecule has 6 nitrogen and oxygen atoms in total. The van der Waals surface area contributed by atoms with E-state index < -0.39 is 12.0 Å². The van der Waals surface area contributed by atoms with Crippen molar-refractivity contribution in [2.75, 3.05) is 13.7 Å². The number of hydrogen-bond acceptors (Lipinski definition) is 4. The Bertz CT molecular complexity index is 751. The first-order valence-electron chi connectivity index (χ1n) is 10.8. The highest BCUT2D eigenvalue weighted by molar-refractivity contribution is 5.90. The Morgan fingerprint density at radius 3 is 2.34 bits per heavy atom. The number of aromatic carboxylic acids is 1. The zero-order valence-corrected chi connectivity index (χ0v) is 17.8. The van der Waals surface area contributed by atoms with E-state index in [2.05, 4.69) is 0 Å². The van der Waals surface area contributed by atoms with Gasteiger partial charge in [-0.05, 0) is 93.9 Å². The summed E-state index contributed by atoms with van der Waals surface area (Å²) in [4.78, 5) is 25.8. The molecule has 2 saturated carbocycles. The van der Waals surface area contributed by atoms with Crippen LogP contribution in [0.5, 0.6) is 5.75 Å². The summed E-state index contributed by atoms with van der Waals surface area (Å²) in [6.45, 7) is 4.33. The molecule has 0 aliphatic heterocycles. The van der Waals surface area contributed by atoms with Crippen molar-refractivity contribution in [3.05, 3.63) is 28.8 Å². The van der Waals surface area contributed by atoms with Crippen LogP contribution in [0.4, 0.5) is 0 Å². The summed E-state index contributed by atoms with van der Waals surface area (Å²) in [6.07, 6.45) is 7.33. The molecule has 6 heteroatoms. The molecule has 1 aromatic rings. The van der Waals surface area contributed by atoms with Gasteiger partial charge in [-0.15, -0.1) is 0 Å². The Kier molecular flexibility index (Phi) is 6.83. The molecular weight excluding hydrogens is 368 g/mol. The van der Waals surface area contributed by atoms with Gasteiger partial charge in [0.25, 0.3) is 0 Å². The van der Waals surface area contributed by atoms with Crippen molar-refractivity contribution in [1.82, 2.24) is 4.90 Å². The largest absolute Gasteiger partial charge is 0.493 e. The number of rotatable bonds is 7. The maximum absolute atomic E-state index is 12.6. The van der Waals surface area contributed by atoms with Crippen molar-refractivity contribution in [3.8, 4) is 5.75 Å². The molecular formula is C23H34N2O4. The van der Waals surface area contributed by atoms with Gasteiger partial charge in [-0.2, -0.15) is 0 Å². The number of likely N-dealkylation sites (N-methyl/N-ethyl adjacent to an activating group) is 1. The average Bonchev–Trinajstić information content (AvgIpc) is 2.66. The number of nitrogens with zero attached hydrogens (tertiary/aromatic N) is 1. The van der Waals surface area contributed by atoms with Crippen LogP contribution in [0.15, 0.2) is 12.1 Å². The number of hydrogen-bond donors (Lipinski definition) is 2. The average molecular weight is 403 g/mol. The van der Waals surface area contributed by atoms with Crippen molar-refractivity contribution in [3.63, 3.8) is 0 Å². The predicted octanol–water partition coefficient (Wildman–Crippen LogP) is 3.53. The number of ether oxygens (including phenoxy) is 1. The molecule has 0 heterocycles. The van der Waals surface area contributed by atoms with Crippen LogP contribution >= 0.6 is 0 Å². The maximum atomic E-state index is 12.6. The third kappa shape index (κ3) is 4.74. The number of benzene rings is 1. The van der Waals surface area contributed by atoms with Crippen molar-refractivity contribution in [2.45, 2.75) is 70.9 Å². The summed E-state index contributed by atoms with van der Waals surface area (Å²) in [5.41, 5.74) is 8.27. The minimum Gasteiger partial charge on any atom is -0.493 e. The summed E-state index contributed by atoms with van der Waals surface area (Å²) in [5.74, 6) is 0.629. The minimum atomic E-state index is -0.913. The lowest BCUT2D eigenvalue weighted by molar-refractivity contribution is -0.136. The Morgan fingerprint density at radius 1 is 1.14 bits per heavy atom. The Balaban J connectivity index is 1.48. The van der Waals surface area contributed by atoms with E-state index in [0.717, 1.165) is 55.4 Å². The number of carboxylic acid groups (broad SMARTS) is 1. The first kappa shape index (κ1) is 21.6. The van der Waals surface area contributed by atoms with Gasteiger partial charge in [0.05, 0.1) is 18.2 Å². The van der Waals surface area contributed by atoms with E-state index in [-0.39, 0.29) is 11.8 Å². The first-order chi connectivity index (χ1) is 13.8. The second-order valence-electron chi connectivity index (χ2n) is 8.82. The van der Waals surface area contributed by atoms with Gasteiger partial charge >= 0.3 is 5.97 Å². The molecule has 29 heavy (non-hydrogen) atoms. The van der Waals surface area contributed by atoms with Gasteiger partial charge in [0.15, 0.2) is 0 Å². The molecule has 160 valence electrons. The molecule has 2 aliphatic carbocycles. The molecule has 0 radical (unpaired) electrons. The second-order valence-corrected chi connectivity index (χ2v) is 8.82. The van der Waals surface area contributed by atoms with Crippen LogP contribution in [0.25, 0.3) is 0 Å². The van der Waals surface area contributed by atoms with Crippen molar-refractivity contribution in [2.24, 2.45) is 17.6 Å². The lowest BCUT2D eigenvalue weighted by Crippen LogP contribution is -2.52. The van der Waals surface area contributed by atoms with E-state index in [9.17, 15) is 14.7 Å². The van der Waals surface area contributed by atoms with Gasteiger partial charge < -0.3 is 20.5 Å². The molecule has 0 aromatic heterocycles. The molecule has 0 saturated heterocycles. The molecule has 2 aliphatic rings. The zero-order chi connectivity index (χ0) is 21.1. The monoisotopic (exact) mass is 402 g/mol. The number of carbonyl (C=O) groups excluding carboxylic acids is 1. The van der Waals surface area contributed by atoms with Crippen LogP contribution in [-0.4, -0.2) is 47.6 Å². The molecule has 1 atom stereocenters. The highest BCUT2D eigenvalue weighted by Crippen LogP contribution is 2.33. The summed E-state index contributed by atoms with van der Waals surface area (Å²) in [6, 6.07) is 3.36. The maximum Gasteiger partial charge on any atom is 0.335 e. The smallest absolute Gasteiger partial charge is 0.335 e. The molecule has 1 aromatic carbocycles. The highest BCUT2D eigenvalue weighted by atomic mass is 16.5. The summed E-state index contributed by atoms with van der Waals surface area (Å²) >= 11 is 0. The van der Waals surface area contributed by atoms with Gasteiger partial charge in [-0.3, -0.25) is 4.79 Å². The van der Waals surface area contributed by atoms with Crippen LogP contribution in [0.2, 0.25) is 0 Å². The topological polar surface area (TPSA) is 92.9 Å². The van der Waals surface area contributed by atoms with E-state index in [1.807, 2.05) is 25.8 Å². The van der Waals surface area contributed by atoms with E-state index in [4.69, 9.17) is 10.5 Å². The van der Waals surface area contributed by atoms with Crippen molar-refractivity contribution < 1.29 is 19.4 Å². The fourth-order valence-electron chi connectivity index (χ4n) is 4.50. The SMILES string of the molecule is Cc1c(OCC2CCC([C@H](N)C(=O)N(C)C3CCC3)CC2)ccc(C(=O)O)c1C. The first-order valence-corrected chi connectivity index (χ1v) is 10.8. The van der Waals surface area contributed by atoms with E-state index in [1.54, 1.807) is 12.1 Å². The van der Waals surface area contributed by atoms with Gasteiger partial charge in [-0.25, -0.2) is 4.79 Å². The quantitative estimate of drug-likeness (QED) is 0.728. The number of nitrogens with two attached hydrogens (primary N) is 1. The highest BCUT2D eigenvalue weighted by Gasteiger charge is 2.34. The molecule has 0 unspecified atom stereocenters. The Morgan fingerprint density at radius 2 is 1.79 bits per heavy atom. The lowest BCUT2D eigenvalue weighted by atomic mass is 9.78.